The van der Waals surface area contributed by atoms with E-state index >= 15 is 0 Å². The quantitative estimate of drug-likeness (QED) is 0.630. The number of ether oxygens (including phenoxy) is 1. The highest BCUT2D eigenvalue weighted by Gasteiger charge is 2.18. The molecule has 3 N–H and O–H groups in total. The monoisotopic (exact) mass is 389 g/mol. The van der Waals surface area contributed by atoms with Crippen LogP contribution in [0.4, 0.5) is 0 Å². The van der Waals surface area contributed by atoms with Crippen molar-refractivity contribution in [3.05, 3.63) is 45.7 Å². The maximum absolute atomic E-state index is 12.6. The van der Waals surface area contributed by atoms with Gasteiger partial charge in [0.15, 0.2) is 5.11 Å². The molecule has 6 nitrogen and oxygen atoms in total. The molecule has 3 rings (SSSR count). The fourth-order valence-electron chi connectivity index (χ4n) is 3.38. The number of nitrogens with zero attached hydrogens (tertiary/aromatic N) is 1. The van der Waals surface area contributed by atoms with E-state index in [-0.39, 0.29) is 18.3 Å². The minimum Gasteiger partial charge on any atom is -0.396 e. The van der Waals surface area contributed by atoms with Crippen molar-refractivity contribution in [2.24, 2.45) is 0 Å². The number of benzene rings is 1. The van der Waals surface area contributed by atoms with Crippen molar-refractivity contribution in [1.29, 1.82) is 0 Å². The molecule has 0 saturated carbocycles. The lowest BCUT2D eigenvalue weighted by Gasteiger charge is -2.26. The number of para-hydroxylation sites is 1. The highest BCUT2D eigenvalue weighted by molar-refractivity contribution is 7.80. The van der Waals surface area contributed by atoms with Crippen LogP contribution in [0.2, 0.25) is 0 Å². The van der Waals surface area contributed by atoms with Crippen molar-refractivity contribution >= 4 is 28.2 Å². The molecule has 1 aromatic carbocycles. The lowest BCUT2D eigenvalue weighted by molar-refractivity contribution is 0.113. The molecule has 146 valence electrons. The Bertz CT molecular complexity index is 846. The van der Waals surface area contributed by atoms with Gasteiger partial charge in [-0.2, -0.15) is 0 Å². The molecular weight excluding hydrogens is 362 g/mol. The number of aliphatic hydroxyl groups is 1. The molecule has 0 aliphatic carbocycles. The predicted molar refractivity (Wildman–Crippen MR) is 111 cm³/mol. The van der Waals surface area contributed by atoms with Gasteiger partial charge in [0.1, 0.15) is 0 Å². The van der Waals surface area contributed by atoms with Gasteiger partial charge in [0, 0.05) is 31.9 Å². The molecule has 2 heterocycles. The van der Waals surface area contributed by atoms with Gasteiger partial charge in [0.25, 0.3) is 5.56 Å². The first-order valence-corrected chi connectivity index (χ1v) is 9.86. The predicted octanol–water partition coefficient (Wildman–Crippen LogP) is 2.07. The molecule has 1 fully saturated rings. The summed E-state index contributed by atoms with van der Waals surface area (Å²) in [4.78, 5) is 17.5. The van der Waals surface area contributed by atoms with Gasteiger partial charge in [-0.25, -0.2) is 0 Å². The van der Waals surface area contributed by atoms with E-state index in [2.05, 4.69) is 10.3 Å². The number of aromatic nitrogens is 1. The first-order chi connectivity index (χ1) is 13.1. The number of pyridine rings is 1. The standard InChI is InChI=1S/C20H27N3O3S/c1-14-5-2-6-15-11-16(19(25)22-18(14)15)13-23(8-4-9-24)20(27)21-12-17-7-3-10-26-17/h2,5-6,11,17,24H,3-4,7-10,12-13H2,1H3,(H,21,27)(H,22,25)/t17-/m0/s1. The van der Waals surface area contributed by atoms with E-state index in [9.17, 15) is 9.90 Å². The summed E-state index contributed by atoms with van der Waals surface area (Å²) in [6.45, 7) is 4.52. The zero-order valence-electron chi connectivity index (χ0n) is 15.7. The molecule has 1 aliphatic heterocycles. The molecule has 0 bridgehead atoms. The van der Waals surface area contributed by atoms with E-state index < -0.39 is 0 Å². The molecule has 1 saturated heterocycles. The second-order valence-corrected chi connectivity index (χ2v) is 7.37. The van der Waals surface area contributed by atoms with Crippen LogP contribution in [-0.4, -0.2) is 52.5 Å². The lowest BCUT2D eigenvalue weighted by atomic mass is 10.1. The normalized spacial score (nSPS) is 16.6. The van der Waals surface area contributed by atoms with Crippen LogP contribution in [-0.2, 0) is 11.3 Å². The fourth-order valence-corrected chi connectivity index (χ4v) is 3.62. The van der Waals surface area contributed by atoms with E-state index in [0.29, 0.717) is 36.7 Å². The maximum Gasteiger partial charge on any atom is 0.253 e. The molecule has 0 amide bonds. The second kappa shape index (κ2) is 9.30. The average Bonchev–Trinajstić information content (AvgIpc) is 3.18. The largest absolute Gasteiger partial charge is 0.396 e. The Labute approximate surface area is 164 Å². The third-order valence-corrected chi connectivity index (χ3v) is 5.31. The minimum atomic E-state index is -0.104. The number of H-pyrrole nitrogens is 1. The van der Waals surface area contributed by atoms with Crippen molar-refractivity contribution in [2.75, 3.05) is 26.3 Å². The van der Waals surface area contributed by atoms with Crippen molar-refractivity contribution in [2.45, 2.75) is 38.8 Å². The Kier molecular flexibility index (Phi) is 6.82. The first-order valence-electron chi connectivity index (χ1n) is 9.45. The van der Waals surface area contributed by atoms with Crippen LogP contribution in [0, 0.1) is 6.92 Å². The van der Waals surface area contributed by atoms with Crippen LogP contribution < -0.4 is 10.9 Å². The summed E-state index contributed by atoms with van der Waals surface area (Å²) >= 11 is 5.55. The second-order valence-electron chi connectivity index (χ2n) is 6.98. The van der Waals surface area contributed by atoms with Crippen LogP contribution >= 0.6 is 12.2 Å². The summed E-state index contributed by atoms with van der Waals surface area (Å²) < 4.78 is 5.63. The van der Waals surface area contributed by atoms with Crippen molar-refractivity contribution in [1.82, 2.24) is 15.2 Å². The van der Waals surface area contributed by atoms with Crippen LogP contribution in [0.1, 0.15) is 30.4 Å². The number of rotatable bonds is 7. The smallest absolute Gasteiger partial charge is 0.253 e. The van der Waals surface area contributed by atoms with E-state index in [1.807, 2.05) is 36.1 Å². The van der Waals surface area contributed by atoms with E-state index in [1.165, 1.54) is 0 Å². The van der Waals surface area contributed by atoms with E-state index in [1.54, 1.807) is 0 Å². The molecule has 1 aromatic heterocycles. The van der Waals surface area contributed by atoms with Crippen molar-refractivity contribution < 1.29 is 9.84 Å². The van der Waals surface area contributed by atoms with Crippen LogP contribution in [0.25, 0.3) is 10.9 Å². The average molecular weight is 390 g/mol. The summed E-state index contributed by atoms with van der Waals surface area (Å²) in [7, 11) is 0. The number of thiocarbonyl (C=S) groups is 1. The van der Waals surface area contributed by atoms with Crippen LogP contribution in [0.3, 0.4) is 0 Å². The molecule has 1 aliphatic rings. The molecule has 1 atom stereocenters. The number of aromatic amines is 1. The highest BCUT2D eigenvalue weighted by Crippen LogP contribution is 2.16. The van der Waals surface area contributed by atoms with Gasteiger partial charge >= 0.3 is 0 Å². The minimum absolute atomic E-state index is 0.0815. The van der Waals surface area contributed by atoms with Gasteiger partial charge in [-0.15, -0.1) is 0 Å². The van der Waals surface area contributed by atoms with Gasteiger partial charge in [0.05, 0.1) is 18.2 Å². The first kappa shape index (κ1) is 19.8. The van der Waals surface area contributed by atoms with Crippen molar-refractivity contribution in [3.8, 4) is 0 Å². The number of aliphatic hydroxyl groups excluding tert-OH is 1. The Hall–Kier alpha value is -1.96. The summed E-state index contributed by atoms with van der Waals surface area (Å²) in [5.41, 5.74) is 2.47. The van der Waals surface area contributed by atoms with Crippen LogP contribution in [0.15, 0.2) is 29.1 Å². The Balaban J connectivity index is 1.75. The molecule has 0 spiro atoms. The summed E-state index contributed by atoms with van der Waals surface area (Å²) in [5.74, 6) is 0. The Morgan fingerprint density at radius 2 is 2.33 bits per heavy atom. The third-order valence-electron chi connectivity index (χ3n) is 4.90. The zero-order valence-corrected chi connectivity index (χ0v) is 16.5. The number of aryl methyl sites for hydroxylation is 1. The zero-order chi connectivity index (χ0) is 19.2. The summed E-state index contributed by atoms with van der Waals surface area (Å²) in [5, 5.41) is 14.1. The molecule has 2 aromatic rings. The fraction of sp³-hybridized carbons (Fsp3) is 0.500. The highest BCUT2D eigenvalue weighted by atomic mass is 32.1. The molecule has 7 heteroatoms. The molecule has 0 unspecified atom stereocenters. The number of hydrogen-bond donors (Lipinski definition) is 3. The van der Waals surface area contributed by atoms with Gasteiger partial charge in [-0.05, 0) is 55.4 Å². The number of fused-ring (bicyclic) bond motifs is 1. The molecular formula is C20H27N3O3S. The Morgan fingerprint density at radius 3 is 3.07 bits per heavy atom. The maximum atomic E-state index is 12.6. The van der Waals surface area contributed by atoms with E-state index in [0.717, 1.165) is 35.9 Å². The van der Waals surface area contributed by atoms with E-state index in [4.69, 9.17) is 17.0 Å². The number of nitrogens with one attached hydrogen (secondary N) is 2. The molecule has 27 heavy (non-hydrogen) atoms. The van der Waals surface area contributed by atoms with Gasteiger partial charge < -0.3 is 25.0 Å². The summed E-state index contributed by atoms with van der Waals surface area (Å²) in [6.07, 6.45) is 2.90. The topological polar surface area (TPSA) is 77.6 Å². The third kappa shape index (κ3) is 5.06. The van der Waals surface area contributed by atoms with Crippen LogP contribution in [0.5, 0.6) is 0 Å². The van der Waals surface area contributed by atoms with Crippen molar-refractivity contribution in [3.63, 3.8) is 0 Å². The summed E-state index contributed by atoms with van der Waals surface area (Å²) in [6, 6.07) is 7.89. The van der Waals surface area contributed by atoms with Gasteiger partial charge in [-0.1, -0.05) is 18.2 Å². The van der Waals surface area contributed by atoms with Gasteiger partial charge in [-0.3, -0.25) is 4.79 Å². The number of hydrogen-bond acceptors (Lipinski definition) is 4. The SMILES string of the molecule is Cc1cccc2cc(CN(CCCO)C(=S)NC[C@@H]3CCCO3)c(=O)[nH]c12. The molecule has 0 radical (unpaired) electrons. The lowest BCUT2D eigenvalue weighted by Crippen LogP contribution is -2.43. The Morgan fingerprint density at radius 1 is 1.48 bits per heavy atom. The van der Waals surface area contributed by atoms with Gasteiger partial charge in [0.2, 0.25) is 0 Å².